The fraction of sp³-hybridized carbons (Fsp3) is 0.385. The molecule has 33 heavy (non-hydrogen) atoms. The van der Waals surface area contributed by atoms with Gasteiger partial charge in [0.15, 0.2) is 15.6 Å². The zero-order valence-electron chi connectivity index (χ0n) is 19.9. The second-order valence-electron chi connectivity index (χ2n) is 9.07. The van der Waals surface area contributed by atoms with Gasteiger partial charge in [-0.2, -0.15) is 0 Å². The van der Waals surface area contributed by atoms with E-state index in [1.807, 2.05) is 45.9 Å². The highest BCUT2D eigenvalue weighted by molar-refractivity contribution is 7.91. The van der Waals surface area contributed by atoms with Gasteiger partial charge in [-0.1, -0.05) is 39.8 Å². The lowest BCUT2D eigenvalue weighted by molar-refractivity contribution is 0.103. The predicted molar refractivity (Wildman–Crippen MR) is 134 cm³/mol. The van der Waals surface area contributed by atoms with E-state index in [0.29, 0.717) is 17.7 Å². The smallest absolute Gasteiger partial charge is 0.195 e. The molecule has 1 N–H and O–H groups in total. The Morgan fingerprint density at radius 3 is 2.48 bits per heavy atom. The van der Waals surface area contributed by atoms with Crippen molar-refractivity contribution in [2.24, 2.45) is 4.99 Å². The Labute approximate surface area is 195 Å². The van der Waals surface area contributed by atoms with Crippen molar-refractivity contribution in [3.05, 3.63) is 64.3 Å². The van der Waals surface area contributed by atoms with Gasteiger partial charge in [-0.3, -0.25) is 9.79 Å². The van der Waals surface area contributed by atoms with Gasteiger partial charge < -0.3 is 9.88 Å². The highest BCUT2D eigenvalue weighted by atomic mass is 32.2. The van der Waals surface area contributed by atoms with E-state index in [2.05, 4.69) is 14.9 Å². The maximum Gasteiger partial charge on any atom is 0.195 e. The third kappa shape index (κ3) is 3.93. The SMILES string of the molecule is CCN(CC)CCS(=O)(=O)c1ccc2c(c1)C(C)(C)c1[nH]c3cc(C=NC)ccc3c1C2=O. The van der Waals surface area contributed by atoms with Gasteiger partial charge in [-0.15, -0.1) is 0 Å². The van der Waals surface area contributed by atoms with Crippen LogP contribution in [0.4, 0.5) is 0 Å². The molecule has 0 radical (unpaired) electrons. The van der Waals surface area contributed by atoms with Gasteiger partial charge in [-0.05, 0) is 48.5 Å². The molecule has 0 saturated heterocycles. The Bertz CT molecular complexity index is 1360. The molecule has 0 atom stereocenters. The molecule has 1 aliphatic carbocycles. The number of hydrogen-bond acceptors (Lipinski definition) is 5. The topological polar surface area (TPSA) is 82.6 Å². The van der Waals surface area contributed by atoms with Crippen LogP contribution in [0.3, 0.4) is 0 Å². The molecule has 0 spiro atoms. The number of sulfone groups is 1. The van der Waals surface area contributed by atoms with Crippen LogP contribution >= 0.6 is 0 Å². The summed E-state index contributed by atoms with van der Waals surface area (Å²) in [6.07, 6.45) is 1.77. The van der Waals surface area contributed by atoms with E-state index < -0.39 is 15.3 Å². The fourth-order valence-corrected chi connectivity index (χ4v) is 6.06. The number of carbonyl (C=O) groups is 1. The van der Waals surface area contributed by atoms with Gasteiger partial charge in [0.1, 0.15) is 0 Å². The average molecular weight is 466 g/mol. The van der Waals surface area contributed by atoms with Crippen LogP contribution in [-0.2, 0) is 15.3 Å². The first-order valence-corrected chi connectivity index (χ1v) is 13.0. The van der Waals surface area contributed by atoms with Crippen LogP contribution in [0.1, 0.15) is 60.4 Å². The molecule has 2 aromatic carbocycles. The Hall–Kier alpha value is -2.77. The first kappa shape index (κ1) is 23.4. The molecule has 6 nitrogen and oxygen atoms in total. The molecule has 0 fully saturated rings. The number of ketones is 1. The van der Waals surface area contributed by atoms with Crippen molar-refractivity contribution in [3.63, 3.8) is 0 Å². The van der Waals surface area contributed by atoms with E-state index in [4.69, 9.17) is 0 Å². The maximum absolute atomic E-state index is 13.5. The lowest BCUT2D eigenvalue weighted by atomic mass is 9.71. The van der Waals surface area contributed by atoms with Crippen LogP contribution in [-0.4, -0.2) is 62.7 Å². The van der Waals surface area contributed by atoms with Crippen molar-refractivity contribution in [2.75, 3.05) is 32.4 Å². The van der Waals surface area contributed by atoms with Gasteiger partial charge >= 0.3 is 0 Å². The molecule has 7 heteroatoms. The van der Waals surface area contributed by atoms with Gasteiger partial charge in [0.2, 0.25) is 0 Å². The number of aromatic amines is 1. The summed E-state index contributed by atoms with van der Waals surface area (Å²) < 4.78 is 26.2. The lowest BCUT2D eigenvalue weighted by Crippen LogP contribution is -2.31. The summed E-state index contributed by atoms with van der Waals surface area (Å²) in [4.78, 5) is 23.4. The van der Waals surface area contributed by atoms with E-state index in [1.165, 1.54) is 0 Å². The summed E-state index contributed by atoms with van der Waals surface area (Å²) in [7, 11) is -1.75. The molecule has 4 rings (SSSR count). The summed E-state index contributed by atoms with van der Waals surface area (Å²) in [5.41, 5.74) is 4.06. The number of carbonyl (C=O) groups excluding carboxylic acids is 1. The summed E-state index contributed by atoms with van der Waals surface area (Å²) in [6, 6.07) is 10.9. The Balaban J connectivity index is 1.79. The van der Waals surface area contributed by atoms with Crippen molar-refractivity contribution in [1.82, 2.24) is 9.88 Å². The maximum atomic E-state index is 13.5. The minimum atomic E-state index is -3.47. The van der Waals surface area contributed by atoms with E-state index in [9.17, 15) is 13.2 Å². The molecule has 0 saturated carbocycles. The van der Waals surface area contributed by atoms with E-state index >= 15 is 0 Å². The molecular weight excluding hydrogens is 434 g/mol. The molecular formula is C26H31N3O3S. The highest BCUT2D eigenvalue weighted by Gasteiger charge is 2.40. The van der Waals surface area contributed by atoms with Crippen molar-refractivity contribution in [3.8, 4) is 0 Å². The van der Waals surface area contributed by atoms with E-state index in [-0.39, 0.29) is 16.4 Å². The first-order valence-electron chi connectivity index (χ1n) is 11.4. The standard InChI is InChI=1S/C26H31N3O3S/c1-6-29(7-2)12-13-33(31,32)18-9-11-19-21(15-18)26(3,4)25-23(24(19)30)20-10-8-17(16-27-5)14-22(20)28-25/h8-11,14-16,28H,6-7,12-13H2,1-5H3. The molecule has 1 heterocycles. The Kier molecular flexibility index (Phi) is 6.05. The molecule has 1 aromatic heterocycles. The second kappa shape index (κ2) is 8.54. The van der Waals surface area contributed by atoms with Gasteiger partial charge in [0, 0.05) is 47.4 Å². The average Bonchev–Trinajstić information content (AvgIpc) is 3.18. The summed E-state index contributed by atoms with van der Waals surface area (Å²) in [6.45, 7) is 10.2. The first-order chi connectivity index (χ1) is 15.6. The normalized spacial score (nSPS) is 15.4. The highest BCUT2D eigenvalue weighted by Crippen LogP contribution is 2.44. The molecule has 0 aliphatic heterocycles. The summed E-state index contributed by atoms with van der Waals surface area (Å²) >= 11 is 0. The largest absolute Gasteiger partial charge is 0.357 e. The fourth-order valence-electron chi connectivity index (χ4n) is 4.76. The second-order valence-corrected chi connectivity index (χ2v) is 11.2. The lowest BCUT2D eigenvalue weighted by Gasteiger charge is -2.32. The molecule has 174 valence electrons. The predicted octanol–water partition coefficient (Wildman–Crippen LogP) is 4.20. The Morgan fingerprint density at radius 2 is 1.82 bits per heavy atom. The number of nitrogens with one attached hydrogen (secondary N) is 1. The van der Waals surface area contributed by atoms with Crippen LogP contribution < -0.4 is 0 Å². The molecule has 0 bridgehead atoms. The number of nitrogens with zero attached hydrogens (tertiary/aromatic N) is 2. The van der Waals surface area contributed by atoms with E-state index in [0.717, 1.165) is 40.8 Å². The van der Waals surface area contributed by atoms with Crippen LogP contribution in [0.2, 0.25) is 0 Å². The van der Waals surface area contributed by atoms with Gasteiger partial charge in [0.05, 0.1) is 16.2 Å². The number of aliphatic imine (C=N–C) groups is 1. The van der Waals surface area contributed by atoms with Crippen molar-refractivity contribution >= 4 is 32.7 Å². The molecule has 1 aliphatic rings. The monoisotopic (exact) mass is 465 g/mol. The van der Waals surface area contributed by atoms with Crippen molar-refractivity contribution in [2.45, 2.75) is 38.0 Å². The number of fused-ring (bicyclic) bond motifs is 4. The number of rotatable bonds is 7. The zero-order valence-corrected chi connectivity index (χ0v) is 20.7. The number of H-pyrrole nitrogens is 1. The number of aromatic nitrogens is 1. The quantitative estimate of drug-likeness (QED) is 0.530. The molecule has 0 unspecified atom stereocenters. The summed E-state index contributed by atoms with van der Waals surface area (Å²) in [5.74, 6) is -0.0177. The van der Waals surface area contributed by atoms with Gasteiger partial charge in [-0.25, -0.2) is 8.42 Å². The van der Waals surface area contributed by atoms with Crippen molar-refractivity contribution in [1.29, 1.82) is 0 Å². The Morgan fingerprint density at radius 1 is 1.09 bits per heavy atom. The summed E-state index contributed by atoms with van der Waals surface area (Å²) in [5, 5.41) is 0.873. The van der Waals surface area contributed by atoms with Gasteiger partial charge in [0.25, 0.3) is 0 Å². The third-order valence-electron chi connectivity index (χ3n) is 6.79. The third-order valence-corrected chi connectivity index (χ3v) is 8.48. The minimum absolute atomic E-state index is 0.0568. The zero-order chi connectivity index (χ0) is 24.0. The van der Waals surface area contributed by atoms with Crippen LogP contribution in [0.25, 0.3) is 10.9 Å². The van der Waals surface area contributed by atoms with Crippen LogP contribution in [0, 0.1) is 0 Å². The number of hydrogen-bond donors (Lipinski definition) is 1. The van der Waals surface area contributed by atoms with E-state index in [1.54, 1.807) is 31.5 Å². The van der Waals surface area contributed by atoms with Crippen molar-refractivity contribution < 1.29 is 13.2 Å². The van der Waals surface area contributed by atoms with Crippen LogP contribution in [0.5, 0.6) is 0 Å². The number of benzene rings is 2. The molecule has 0 amide bonds. The molecule has 3 aromatic rings. The van der Waals surface area contributed by atoms with Crippen LogP contribution in [0.15, 0.2) is 46.3 Å². The minimum Gasteiger partial charge on any atom is -0.357 e.